The van der Waals surface area contributed by atoms with Crippen LogP contribution in [-0.4, -0.2) is 23.7 Å². The maximum absolute atomic E-state index is 12.2. The predicted octanol–water partition coefficient (Wildman–Crippen LogP) is 2.85. The van der Waals surface area contributed by atoms with E-state index < -0.39 is 10.8 Å². The highest BCUT2D eigenvalue weighted by atomic mass is 32.2. The highest BCUT2D eigenvalue weighted by molar-refractivity contribution is 7.85. The van der Waals surface area contributed by atoms with Crippen LogP contribution in [0.1, 0.15) is 6.42 Å². The number of rotatable bonds is 7. The molecule has 0 saturated carbocycles. The summed E-state index contributed by atoms with van der Waals surface area (Å²) in [4.78, 5) is 0.776. The van der Waals surface area contributed by atoms with Crippen LogP contribution in [0.25, 0.3) is 0 Å². The summed E-state index contributed by atoms with van der Waals surface area (Å²) < 4.78 is 22.9. The molecule has 2 aromatic carbocycles. The van der Waals surface area contributed by atoms with Crippen LogP contribution in [0.4, 0.5) is 5.69 Å². The van der Waals surface area contributed by atoms with Gasteiger partial charge in [-0.25, -0.2) is 0 Å². The molecule has 0 aliphatic carbocycles. The first kappa shape index (κ1) is 15.4. The van der Waals surface area contributed by atoms with E-state index >= 15 is 0 Å². The Morgan fingerprint density at radius 3 is 2.62 bits per heavy atom. The zero-order valence-electron chi connectivity index (χ0n) is 12.0. The predicted molar refractivity (Wildman–Crippen MR) is 85.2 cm³/mol. The van der Waals surface area contributed by atoms with E-state index in [2.05, 4.69) is 0 Å². The van der Waals surface area contributed by atoms with Crippen molar-refractivity contribution in [2.75, 3.05) is 25.2 Å². The molecule has 21 heavy (non-hydrogen) atoms. The molecule has 0 spiro atoms. The second-order valence-electron chi connectivity index (χ2n) is 4.50. The first-order valence-electron chi connectivity index (χ1n) is 6.70. The maximum Gasteiger partial charge on any atom is 0.121 e. The third kappa shape index (κ3) is 4.79. The summed E-state index contributed by atoms with van der Waals surface area (Å²) >= 11 is 0. The minimum Gasteiger partial charge on any atom is -0.497 e. The number of hydrogen-bond donors (Lipinski definition) is 1. The van der Waals surface area contributed by atoms with E-state index in [1.807, 2.05) is 36.4 Å². The monoisotopic (exact) mass is 305 g/mol. The summed E-state index contributed by atoms with van der Waals surface area (Å²) in [6.07, 6.45) is 0.707. The van der Waals surface area contributed by atoms with Gasteiger partial charge >= 0.3 is 0 Å². The molecule has 0 heterocycles. The first-order chi connectivity index (χ1) is 10.2. The maximum atomic E-state index is 12.2. The zero-order chi connectivity index (χ0) is 15.1. The average molecular weight is 305 g/mol. The Morgan fingerprint density at radius 2 is 1.86 bits per heavy atom. The quantitative estimate of drug-likeness (QED) is 0.631. The molecule has 0 amide bonds. The molecule has 112 valence electrons. The number of methoxy groups -OCH3 is 1. The van der Waals surface area contributed by atoms with Crippen molar-refractivity contribution < 1.29 is 13.7 Å². The van der Waals surface area contributed by atoms with Gasteiger partial charge in [0.25, 0.3) is 0 Å². The minimum absolute atomic E-state index is 0.513. The Kier molecular flexibility index (Phi) is 5.63. The van der Waals surface area contributed by atoms with Gasteiger partial charge in [-0.3, -0.25) is 4.21 Å². The molecule has 0 fully saturated rings. The Labute approximate surface area is 127 Å². The zero-order valence-corrected chi connectivity index (χ0v) is 12.8. The third-order valence-electron chi connectivity index (χ3n) is 2.90. The van der Waals surface area contributed by atoms with Crippen LogP contribution < -0.4 is 15.2 Å². The van der Waals surface area contributed by atoms with Gasteiger partial charge in [0.05, 0.1) is 24.5 Å². The molecule has 0 aromatic heterocycles. The van der Waals surface area contributed by atoms with Crippen LogP contribution in [-0.2, 0) is 10.8 Å². The van der Waals surface area contributed by atoms with Gasteiger partial charge in [-0.15, -0.1) is 0 Å². The van der Waals surface area contributed by atoms with Crippen molar-refractivity contribution in [2.45, 2.75) is 11.3 Å². The van der Waals surface area contributed by atoms with Crippen molar-refractivity contribution in [1.82, 2.24) is 0 Å². The highest BCUT2D eigenvalue weighted by Gasteiger charge is 2.05. The van der Waals surface area contributed by atoms with Crippen molar-refractivity contribution in [3.8, 4) is 11.5 Å². The Morgan fingerprint density at radius 1 is 1.10 bits per heavy atom. The van der Waals surface area contributed by atoms with Crippen LogP contribution in [0.2, 0.25) is 0 Å². The molecule has 2 rings (SSSR count). The van der Waals surface area contributed by atoms with Crippen molar-refractivity contribution in [3.63, 3.8) is 0 Å². The Balaban J connectivity index is 1.79. The molecular weight excluding hydrogens is 286 g/mol. The number of hydrogen-bond acceptors (Lipinski definition) is 4. The summed E-state index contributed by atoms with van der Waals surface area (Å²) in [5.41, 5.74) is 6.35. The van der Waals surface area contributed by atoms with Gasteiger partial charge in [0.1, 0.15) is 11.5 Å². The van der Waals surface area contributed by atoms with E-state index in [0.717, 1.165) is 16.4 Å². The molecule has 0 saturated heterocycles. The molecule has 5 heteroatoms. The topological polar surface area (TPSA) is 61.5 Å². The van der Waals surface area contributed by atoms with Crippen molar-refractivity contribution in [2.24, 2.45) is 0 Å². The first-order valence-corrected chi connectivity index (χ1v) is 8.01. The molecule has 0 aliphatic heterocycles. The molecule has 2 aromatic rings. The molecule has 0 radical (unpaired) electrons. The SMILES string of the molecule is COc1cccc(S(=O)CCCOc2cccc(N)c2)c1. The van der Waals surface area contributed by atoms with E-state index in [4.69, 9.17) is 15.2 Å². The number of nitrogen functional groups attached to an aromatic ring is 1. The number of ether oxygens (including phenoxy) is 2. The summed E-state index contributed by atoms with van der Waals surface area (Å²) in [5, 5.41) is 0. The summed E-state index contributed by atoms with van der Waals surface area (Å²) in [6, 6.07) is 14.6. The van der Waals surface area contributed by atoms with Gasteiger partial charge in [-0.1, -0.05) is 12.1 Å². The third-order valence-corrected chi connectivity index (χ3v) is 4.34. The van der Waals surface area contributed by atoms with Crippen LogP contribution >= 0.6 is 0 Å². The lowest BCUT2D eigenvalue weighted by Gasteiger charge is -2.07. The van der Waals surface area contributed by atoms with Gasteiger partial charge in [0.15, 0.2) is 0 Å². The number of nitrogens with two attached hydrogens (primary N) is 1. The van der Waals surface area contributed by atoms with Crippen LogP contribution in [0.5, 0.6) is 11.5 Å². The van der Waals surface area contributed by atoms with E-state index in [1.54, 1.807) is 19.2 Å². The molecule has 0 bridgehead atoms. The summed E-state index contributed by atoms with van der Waals surface area (Å²) in [7, 11) is 0.556. The van der Waals surface area contributed by atoms with Crippen LogP contribution in [0.15, 0.2) is 53.4 Å². The van der Waals surface area contributed by atoms with Crippen LogP contribution in [0, 0.1) is 0 Å². The normalized spacial score (nSPS) is 11.9. The van der Waals surface area contributed by atoms with Gasteiger partial charge in [0, 0.05) is 22.4 Å². The van der Waals surface area contributed by atoms with E-state index in [0.29, 0.717) is 24.5 Å². The minimum atomic E-state index is -1.04. The summed E-state index contributed by atoms with van der Waals surface area (Å²) in [6.45, 7) is 0.513. The molecule has 4 nitrogen and oxygen atoms in total. The lowest BCUT2D eigenvalue weighted by Crippen LogP contribution is -2.05. The van der Waals surface area contributed by atoms with Crippen molar-refractivity contribution >= 4 is 16.5 Å². The lowest BCUT2D eigenvalue weighted by molar-refractivity contribution is 0.318. The molecule has 1 unspecified atom stereocenters. The fourth-order valence-corrected chi connectivity index (χ4v) is 2.94. The van der Waals surface area contributed by atoms with Crippen molar-refractivity contribution in [3.05, 3.63) is 48.5 Å². The van der Waals surface area contributed by atoms with Crippen LogP contribution in [0.3, 0.4) is 0 Å². The standard InChI is InChI=1S/C16H19NO3S/c1-19-14-6-3-8-16(12-14)21(18)10-4-9-20-15-7-2-5-13(17)11-15/h2-3,5-8,11-12H,4,9-10,17H2,1H3. The fourth-order valence-electron chi connectivity index (χ4n) is 1.85. The lowest BCUT2D eigenvalue weighted by atomic mass is 10.3. The second kappa shape index (κ2) is 7.69. The largest absolute Gasteiger partial charge is 0.497 e. The van der Waals surface area contributed by atoms with Gasteiger partial charge in [-0.2, -0.15) is 0 Å². The Hall–Kier alpha value is -2.01. The smallest absolute Gasteiger partial charge is 0.121 e. The highest BCUT2D eigenvalue weighted by Crippen LogP contribution is 2.17. The van der Waals surface area contributed by atoms with E-state index in [-0.39, 0.29) is 0 Å². The van der Waals surface area contributed by atoms with Crippen molar-refractivity contribution in [1.29, 1.82) is 0 Å². The van der Waals surface area contributed by atoms with Gasteiger partial charge < -0.3 is 15.2 Å². The Bertz CT molecular complexity index is 616. The molecule has 2 N–H and O–H groups in total. The average Bonchev–Trinajstić information content (AvgIpc) is 2.51. The molecule has 0 aliphatic rings. The van der Waals surface area contributed by atoms with Gasteiger partial charge in [-0.05, 0) is 36.8 Å². The number of benzene rings is 2. The van der Waals surface area contributed by atoms with E-state index in [1.165, 1.54) is 0 Å². The summed E-state index contributed by atoms with van der Waals surface area (Å²) in [5.74, 6) is 2.01. The molecular formula is C16H19NO3S. The van der Waals surface area contributed by atoms with Gasteiger partial charge in [0.2, 0.25) is 0 Å². The van der Waals surface area contributed by atoms with E-state index in [9.17, 15) is 4.21 Å². The second-order valence-corrected chi connectivity index (χ2v) is 6.07. The molecule has 1 atom stereocenters. The number of anilines is 1. The fraction of sp³-hybridized carbons (Fsp3) is 0.250.